The Morgan fingerprint density at radius 2 is 2.21 bits per heavy atom. The Balaban J connectivity index is 2.08. The summed E-state index contributed by atoms with van der Waals surface area (Å²) in [6.07, 6.45) is 1.87. The Hall–Kier alpha value is -0.870. The largest absolute Gasteiger partial charge is 0.313 e. The summed E-state index contributed by atoms with van der Waals surface area (Å²) in [6, 6.07) is 0.562. The van der Waals surface area contributed by atoms with Gasteiger partial charge in [0, 0.05) is 36.9 Å². The molecule has 1 aromatic rings. The smallest absolute Gasteiger partial charge is 0.0535 e. The van der Waals surface area contributed by atoms with Crippen LogP contribution in [0.2, 0.25) is 0 Å². The highest BCUT2D eigenvalue weighted by molar-refractivity contribution is 5.13. The van der Waals surface area contributed by atoms with Gasteiger partial charge in [-0.1, -0.05) is 13.8 Å². The molecule has 4 nitrogen and oxygen atoms in total. The molecular weight excluding hydrogens is 176 g/mol. The summed E-state index contributed by atoms with van der Waals surface area (Å²) in [4.78, 5) is 0. The lowest BCUT2D eigenvalue weighted by Gasteiger charge is -2.08. The first kappa shape index (κ1) is 11.2. The van der Waals surface area contributed by atoms with E-state index in [1.165, 1.54) is 5.56 Å². The summed E-state index contributed by atoms with van der Waals surface area (Å²) in [5.41, 5.74) is 2.39. The number of aromatic nitrogens is 2. The van der Waals surface area contributed by atoms with Crippen molar-refractivity contribution >= 4 is 0 Å². The van der Waals surface area contributed by atoms with Crippen LogP contribution in [0, 0.1) is 6.92 Å². The van der Waals surface area contributed by atoms with Crippen LogP contribution in [0.5, 0.6) is 0 Å². The molecule has 14 heavy (non-hydrogen) atoms. The number of hydrogen-bond donors (Lipinski definition) is 3. The van der Waals surface area contributed by atoms with Crippen LogP contribution in [0.15, 0.2) is 6.20 Å². The van der Waals surface area contributed by atoms with Gasteiger partial charge >= 0.3 is 0 Å². The fourth-order valence-electron chi connectivity index (χ4n) is 1.23. The predicted octanol–water partition coefficient (Wildman–Crippen LogP) is 0.806. The first-order chi connectivity index (χ1) is 6.70. The highest BCUT2D eigenvalue weighted by atomic mass is 15.1. The highest BCUT2D eigenvalue weighted by Gasteiger charge is 1.98. The Morgan fingerprint density at radius 3 is 2.79 bits per heavy atom. The maximum absolute atomic E-state index is 3.97. The van der Waals surface area contributed by atoms with Gasteiger partial charge in [0.2, 0.25) is 0 Å². The van der Waals surface area contributed by atoms with E-state index < -0.39 is 0 Å². The van der Waals surface area contributed by atoms with Gasteiger partial charge in [0.05, 0.1) is 6.20 Å². The Bertz CT molecular complexity index is 254. The van der Waals surface area contributed by atoms with Crippen LogP contribution in [0.25, 0.3) is 0 Å². The quantitative estimate of drug-likeness (QED) is 0.590. The van der Waals surface area contributed by atoms with E-state index >= 15 is 0 Å². The SMILES string of the molecule is Cc1[nH]ncc1CNCCNC(C)C. The van der Waals surface area contributed by atoms with E-state index in [0.717, 1.165) is 25.3 Å². The van der Waals surface area contributed by atoms with Gasteiger partial charge in [-0.2, -0.15) is 5.10 Å². The minimum Gasteiger partial charge on any atom is -0.313 e. The first-order valence-corrected chi connectivity index (χ1v) is 5.13. The Labute approximate surface area is 85.5 Å². The van der Waals surface area contributed by atoms with Gasteiger partial charge in [-0.25, -0.2) is 0 Å². The Kier molecular flexibility index (Phi) is 4.62. The van der Waals surface area contributed by atoms with Gasteiger partial charge in [-0.05, 0) is 6.92 Å². The number of H-pyrrole nitrogens is 1. The normalized spacial score (nSPS) is 11.1. The molecule has 1 heterocycles. The molecule has 0 fully saturated rings. The predicted molar refractivity (Wildman–Crippen MR) is 58.2 cm³/mol. The summed E-state index contributed by atoms with van der Waals surface area (Å²) < 4.78 is 0. The zero-order chi connectivity index (χ0) is 10.4. The van der Waals surface area contributed by atoms with Crippen LogP contribution in [-0.2, 0) is 6.54 Å². The summed E-state index contributed by atoms with van der Waals surface area (Å²) >= 11 is 0. The number of nitrogens with zero attached hydrogens (tertiary/aromatic N) is 1. The van der Waals surface area contributed by atoms with Gasteiger partial charge < -0.3 is 10.6 Å². The van der Waals surface area contributed by atoms with Gasteiger partial charge in [0.1, 0.15) is 0 Å². The maximum atomic E-state index is 3.97. The second kappa shape index (κ2) is 5.78. The van der Waals surface area contributed by atoms with E-state index in [2.05, 4.69) is 34.7 Å². The number of hydrogen-bond acceptors (Lipinski definition) is 3. The molecule has 0 spiro atoms. The van der Waals surface area contributed by atoms with E-state index in [1.807, 2.05) is 13.1 Å². The fraction of sp³-hybridized carbons (Fsp3) is 0.700. The van der Waals surface area contributed by atoms with Crippen molar-refractivity contribution in [1.29, 1.82) is 0 Å². The molecule has 0 aliphatic carbocycles. The van der Waals surface area contributed by atoms with Crippen LogP contribution in [0.3, 0.4) is 0 Å². The van der Waals surface area contributed by atoms with Crippen molar-refractivity contribution in [2.45, 2.75) is 33.4 Å². The minimum absolute atomic E-state index is 0.562. The van der Waals surface area contributed by atoms with Gasteiger partial charge in [-0.15, -0.1) is 0 Å². The van der Waals surface area contributed by atoms with Crippen molar-refractivity contribution in [3.05, 3.63) is 17.5 Å². The molecule has 0 amide bonds. The average Bonchev–Trinajstić information content (AvgIpc) is 2.51. The average molecular weight is 196 g/mol. The van der Waals surface area contributed by atoms with E-state index in [9.17, 15) is 0 Å². The van der Waals surface area contributed by atoms with Crippen LogP contribution in [-0.4, -0.2) is 29.3 Å². The molecule has 0 atom stereocenters. The third kappa shape index (κ3) is 3.89. The molecule has 0 saturated carbocycles. The van der Waals surface area contributed by atoms with Gasteiger partial charge in [-0.3, -0.25) is 5.10 Å². The maximum Gasteiger partial charge on any atom is 0.0535 e. The molecular formula is C10H20N4. The molecule has 0 aliphatic heterocycles. The number of nitrogens with one attached hydrogen (secondary N) is 3. The van der Waals surface area contributed by atoms with E-state index in [1.54, 1.807) is 0 Å². The summed E-state index contributed by atoms with van der Waals surface area (Å²) in [5, 5.41) is 13.6. The van der Waals surface area contributed by atoms with Crippen molar-refractivity contribution in [3.8, 4) is 0 Å². The standard InChI is InChI=1S/C10H20N4/c1-8(2)12-5-4-11-6-10-7-13-14-9(10)3/h7-8,11-12H,4-6H2,1-3H3,(H,13,14). The summed E-state index contributed by atoms with van der Waals surface area (Å²) in [6.45, 7) is 9.23. The lowest BCUT2D eigenvalue weighted by Crippen LogP contribution is -2.31. The van der Waals surface area contributed by atoms with Crippen LogP contribution in [0.1, 0.15) is 25.1 Å². The molecule has 0 aliphatic rings. The molecule has 0 radical (unpaired) electrons. The summed E-state index contributed by atoms with van der Waals surface area (Å²) in [7, 11) is 0. The van der Waals surface area contributed by atoms with Crippen molar-refractivity contribution < 1.29 is 0 Å². The molecule has 1 aromatic heterocycles. The molecule has 4 heteroatoms. The third-order valence-electron chi connectivity index (χ3n) is 2.10. The van der Waals surface area contributed by atoms with Crippen LogP contribution >= 0.6 is 0 Å². The molecule has 0 unspecified atom stereocenters. The van der Waals surface area contributed by atoms with Crippen molar-refractivity contribution in [2.75, 3.05) is 13.1 Å². The van der Waals surface area contributed by atoms with Crippen molar-refractivity contribution in [3.63, 3.8) is 0 Å². The van der Waals surface area contributed by atoms with E-state index in [4.69, 9.17) is 0 Å². The number of aryl methyl sites for hydroxylation is 1. The van der Waals surface area contributed by atoms with E-state index in [0.29, 0.717) is 6.04 Å². The second-order valence-corrected chi connectivity index (χ2v) is 3.81. The first-order valence-electron chi connectivity index (χ1n) is 5.13. The van der Waals surface area contributed by atoms with Crippen LogP contribution < -0.4 is 10.6 Å². The minimum atomic E-state index is 0.562. The third-order valence-corrected chi connectivity index (χ3v) is 2.10. The van der Waals surface area contributed by atoms with Gasteiger partial charge in [0.15, 0.2) is 0 Å². The lowest BCUT2D eigenvalue weighted by atomic mass is 10.2. The molecule has 0 saturated heterocycles. The molecule has 80 valence electrons. The lowest BCUT2D eigenvalue weighted by molar-refractivity contribution is 0.555. The molecule has 0 bridgehead atoms. The molecule has 1 rings (SSSR count). The summed E-state index contributed by atoms with van der Waals surface area (Å²) in [5.74, 6) is 0. The second-order valence-electron chi connectivity index (χ2n) is 3.81. The highest BCUT2D eigenvalue weighted by Crippen LogP contribution is 2.00. The van der Waals surface area contributed by atoms with Crippen LogP contribution in [0.4, 0.5) is 0 Å². The van der Waals surface area contributed by atoms with Crippen molar-refractivity contribution in [1.82, 2.24) is 20.8 Å². The topological polar surface area (TPSA) is 52.7 Å². The zero-order valence-corrected chi connectivity index (χ0v) is 9.22. The zero-order valence-electron chi connectivity index (χ0n) is 9.22. The van der Waals surface area contributed by atoms with E-state index in [-0.39, 0.29) is 0 Å². The number of rotatable bonds is 6. The molecule has 0 aromatic carbocycles. The monoisotopic (exact) mass is 196 g/mol. The molecule has 3 N–H and O–H groups in total. The number of aromatic amines is 1. The van der Waals surface area contributed by atoms with Gasteiger partial charge in [0.25, 0.3) is 0 Å². The fourth-order valence-corrected chi connectivity index (χ4v) is 1.23. The Morgan fingerprint density at radius 1 is 1.43 bits per heavy atom. The van der Waals surface area contributed by atoms with Crippen molar-refractivity contribution in [2.24, 2.45) is 0 Å².